The summed E-state index contributed by atoms with van der Waals surface area (Å²) in [6, 6.07) is 8.51. The molecule has 1 unspecified atom stereocenters. The summed E-state index contributed by atoms with van der Waals surface area (Å²) in [4.78, 5) is 7.18. The summed E-state index contributed by atoms with van der Waals surface area (Å²) in [5.41, 5.74) is 0.590. The fraction of sp³-hybridized carbons (Fsp3) is 0.696. The third-order valence-electron chi connectivity index (χ3n) is 6.11. The monoisotopic (exact) mass is 418 g/mol. The van der Waals surface area contributed by atoms with E-state index in [0.717, 1.165) is 76.8 Å². The van der Waals surface area contributed by atoms with Crippen molar-refractivity contribution in [2.45, 2.75) is 50.7 Å². The van der Waals surface area contributed by atoms with Crippen LogP contribution in [0.4, 0.5) is 0 Å². The Morgan fingerprint density at radius 3 is 2.50 bits per heavy atom. The molecule has 3 N–H and O–H groups in total. The second kappa shape index (κ2) is 11.5. The van der Waals surface area contributed by atoms with Gasteiger partial charge in [-0.15, -0.1) is 0 Å². The van der Waals surface area contributed by atoms with Gasteiger partial charge in [0.25, 0.3) is 0 Å². The lowest BCUT2D eigenvalue weighted by molar-refractivity contribution is 0.0129. The number of aliphatic imine (C=N–C) groups is 1. The summed E-state index contributed by atoms with van der Waals surface area (Å²) in [6.45, 7) is 7.37. The van der Waals surface area contributed by atoms with E-state index in [1.165, 1.54) is 12.0 Å². The average Bonchev–Trinajstić information content (AvgIpc) is 2.79. The molecule has 30 heavy (non-hydrogen) atoms. The zero-order valence-electron chi connectivity index (χ0n) is 18.5. The minimum atomic E-state index is -0.653. The molecule has 0 bridgehead atoms. The van der Waals surface area contributed by atoms with Crippen LogP contribution >= 0.6 is 0 Å². The molecule has 1 aliphatic carbocycles. The van der Waals surface area contributed by atoms with Gasteiger partial charge in [0.2, 0.25) is 0 Å². The predicted octanol–water partition coefficient (Wildman–Crippen LogP) is 2.32. The van der Waals surface area contributed by atoms with Gasteiger partial charge in [0.05, 0.1) is 38.5 Å². The van der Waals surface area contributed by atoms with Gasteiger partial charge in [0.1, 0.15) is 5.75 Å². The first-order valence-corrected chi connectivity index (χ1v) is 11.3. The molecule has 1 aliphatic heterocycles. The SMILES string of the molecule is CCNC(=NCC1(O)CCCCC1)NCC(c1ccc(OC)cc1)N1CCOCC1. The first kappa shape index (κ1) is 22.8. The summed E-state index contributed by atoms with van der Waals surface area (Å²) >= 11 is 0. The molecule has 1 heterocycles. The van der Waals surface area contributed by atoms with E-state index in [1.807, 2.05) is 12.1 Å². The van der Waals surface area contributed by atoms with Gasteiger partial charge >= 0.3 is 0 Å². The molecule has 1 atom stereocenters. The zero-order valence-corrected chi connectivity index (χ0v) is 18.5. The van der Waals surface area contributed by atoms with E-state index in [-0.39, 0.29) is 6.04 Å². The lowest BCUT2D eigenvalue weighted by atomic mass is 9.85. The van der Waals surface area contributed by atoms with E-state index in [2.05, 4.69) is 34.6 Å². The molecular weight excluding hydrogens is 380 g/mol. The Kier molecular flexibility index (Phi) is 8.78. The van der Waals surface area contributed by atoms with E-state index in [9.17, 15) is 5.11 Å². The summed E-state index contributed by atoms with van der Waals surface area (Å²) in [7, 11) is 1.69. The lowest BCUT2D eigenvalue weighted by Gasteiger charge is -2.35. The van der Waals surface area contributed by atoms with E-state index >= 15 is 0 Å². The van der Waals surface area contributed by atoms with Crippen molar-refractivity contribution in [3.8, 4) is 5.75 Å². The first-order chi connectivity index (χ1) is 14.6. The smallest absolute Gasteiger partial charge is 0.191 e. The van der Waals surface area contributed by atoms with Crippen LogP contribution in [0.15, 0.2) is 29.3 Å². The molecule has 7 nitrogen and oxygen atoms in total. The minimum absolute atomic E-state index is 0.210. The number of nitrogens with one attached hydrogen (secondary N) is 2. The third kappa shape index (κ3) is 6.59. The van der Waals surface area contributed by atoms with Crippen LogP contribution in [0, 0.1) is 0 Å². The van der Waals surface area contributed by atoms with Gasteiger partial charge in [0.15, 0.2) is 5.96 Å². The van der Waals surface area contributed by atoms with Gasteiger partial charge in [-0.05, 0) is 37.5 Å². The van der Waals surface area contributed by atoms with Crippen molar-refractivity contribution in [2.24, 2.45) is 4.99 Å². The molecule has 0 aromatic heterocycles. The molecule has 1 aromatic carbocycles. The van der Waals surface area contributed by atoms with Crippen LogP contribution in [0.25, 0.3) is 0 Å². The molecule has 0 spiro atoms. The highest BCUT2D eigenvalue weighted by molar-refractivity contribution is 5.79. The highest BCUT2D eigenvalue weighted by Gasteiger charge is 2.29. The van der Waals surface area contributed by atoms with Crippen LogP contribution in [-0.2, 0) is 4.74 Å². The molecule has 1 saturated carbocycles. The van der Waals surface area contributed by atoms with Crippen LogP contribution in [0.1, 0.15) is 50.6 Å². The Labute approximate surface area is 180 Å². The molecule has 1 aromatic rings. The van der Waals surface area contributed by atoms with Gasteiger partial charge in [-0.25, -0.2) is 0 Å². The standard InChI is InChI=1S/C23H38N4O3/c1-3-24-22(26-18-23(28)11-5-4-6-12-23)25-17-21(27-13-15-30-16-14-27)19-7-9-20(29-2)10-8-19/h7-10,21,28H,3-6,11-18H2,1-2H3,(H2,24,25,26). The summed E-state index contributed by atoms with van der Waals surface area (Å²) in [5.74, 6) is 1.63. The maximum atomic E-state index is 10.8. The molecule has 0 radical (unpaired) electrons. The maximum absolute atomic E-state index is 10.8. The fourth-order valence-corrected chi connectivity index (χ4v) is 4.30. The van der Waals surface area contributed by atoms with Crippen LogP contribution in [0.3, 0.4) is 0 Å². The van der Waals surface area contributed by atoms with Gasteiger partial charge < -0.3 is 25.2 Å². The normalized spacial score (nSPS) is 21.1. The number of morpholine rings is 1. The van der Waals surface area contributed by atoms with Crippen molar-refractivity contribution in [3.63, 3.8) is 0 Å². The van der Waals surface area contributed by atoms with Crippen LogP contribution in [0.2, 0.25) is 0 Å². The highest BCUT2D eigenvalue weighted by Crippen LogP contribution is 2.28. The Hall–Kier alpha value is -1.83. The van der Waals surface area contributed by atoms with Crippen molar-refractivity contribution in [1.82, 2.24) is 15.5 Å². The summed E-state index contributed by atoms with van der Waals surface area (Å²) in [6.07, 6.45) is 5.09. The topological polar surface area (TPSA) is 78.4 Å². The van der Waals surface area contributed by atoms with Crippen molar-refractivity contribution in [2.75, 3.05) is 53.0 Å². The van der Waals surface area contributed by atoms with Crippen LogP contribution in [0.5, 0.6) is 5.75 Å². The van der Waals surface area contributed by atoms with Crippen molar-refractivity contribution in [3.05, 3.63) is 29.8 Å². The zero-order chi connectivity index (χ0) is 21.2. The van der Waals surface area contributed by atoms with Crippen LogP contribution in [-0.4, -0.2) is 74.6 Å². The fourth-order valence-electron chi connectivity index (χ4n) is 4.30. The molecule has 7 heteroatoms. The molecule has 168 valence electrons. The molecule has 2 fully saturated rings. The number of hydrogen-bond acceptors (Lipinski definition) is 5. The van der Waals surface area contributed by atoms with Crippen molar-refractivity contribution >= 4 is 5.96 Å². The van der Waals surface area contributed by atoms with Gasteiger partial charge in [-0.3, -0.25) is 9.89 Å². The Morgan fingerprint density at radius 1 is 1.17 bits per heavy atom. The summed E-state index contributed by atoms with van der Waals surface area (Å²) in [5, 5.41) is 17.6. The largest absolute Gasteiger partial charge is 0.497 e. The molecular formula is C23H38N4O3. The van der Waals surface area contributed by atoms with Crippen molar-refractivity contribution < 1.29 is 14.6 Å². The van der Waals surface area contributed by atoms with E-state index in [0.29, 0.717) is 6.54 Å². The molecule has 2 aliphatic rings. The maximum Gasteiger partial charge on any atom is 0.191 e. The third-order valence-corrected chi connectivity index (χ3v) is 6.11. The minimum Gasteiger partial charge on any atom is -0.497 e. The number of benzene rings is 1. The van der Waals surface area contributed by atoms with Gasteiger partial charge in [-0.1, -0.05) is 31.4 Å². The van der Waals surface area contributed by atoms with Crippen LogP contribution < -0.4 is 15.4 Å². The second-order valence-corrected chi connectivity index (χ2v) is 8.30. The second-order valence-electron chi connectivity index (χ2n) is 8.30. The Bertz CT molecular complexity index is 653. The number of aliphatic hydroxyl groups is 1. The average molecular weight is 419 g/mol. The van der Waals surface area contributed by atoms with E-state index in [1.54, 1.807) is 7.11 Å². The summed E-state index contributed by atoms with van der Waals surface area (Å²) < 4.78 is 10.9. The Balaban J connectivity index is 1.68. The van der Waals surface area contributed by atoms with Gasteiger partial charge in [0, 0.05) is 26.2 Å². The highest BCUT2D eigenvalue weighted by atomic mass is 16.5. The number of nitrogens with zero attached hydrogens (tertiary/aromatic N) is 2. The van der Waals surface area contributed by atoms with Gasteiger partial charge in [-0.2, -0.15) is 0 Å². The lowest BCUT2D eigenvalue weighted by Crippen LogP contribution is -2.47. The number of ether oxygens (including phenoxy) is 2. The van der Waals surface area contributed by atoms with E-state index in [4.69, 9.17) is 14.5 Å². The molecule has 1 saturated heterocycles. The number of methoxy groups -OCH3 is 1. The number of guanidine groups is 1. The first-order valence-electron chi connectivity index (χ1n) is 11.3. The predicted molar refractivity (Wildman–Crippen MR) is 120 cm³/mol. The van der Waals surface area contributed by atoms with Crippen molar-refractivity contribution in [1.29, 1.82) is 0 Å². The Morgan fingerprint density at radius 2 is 1.87 bits per heavy atom. The number of rotatable bonds is 8. The number of hydrogen-bond donors (Lipinski definition) is 3. The molecule has 3 rings (SSSR count). The quantitative estimate of drug-likeness (QED) is 0.444. The van der Waals surface area contributed by atoms with E-state index < -0.39 is 5.60 Å². The molecule has 0 amide bonds.